The molecule has 2 aliphatic rings. The van der Waals surface area contributed by atoms with Crippen LogP contribution >= 0.6 is 0 Å². The second-order valence-corrected chi connectivity index (χ2v) is 6.89. The molecule has 0 saturated carbocycles. The molecule has 0 radical (unpaired) electrons. The molecule has 1 N–H and O–H groups in total. The number of nitrogens with zero attached hydrogens (tertiary/aromatic N) is 1. The van der Waals surface area contributed by atoms with E-state index in [2.05, 4.69) is 37.9 Å². The molecule has 2 unspecified atom stereocenters. The quantitative estimate of drug-likeness (QED) is 0.793. The number of fused-ring (bicyclic) bond motifs is 2. The number of piperidine rings is 1. The summed E-state index contributed by atoms with van der Waals surface area (Å²) in [6.07, 6.45) is 5.57. The smallest absolute Gasteiger partial charge is 0.0125 e. The summed E-state index contributed by atoms with van der Waals surface area (Å²) in [7, 11) is 0. The maximum Gasteiger partial charge on any atom is 0.0125 e. The van der Waals surface area contributed by atoms with E-state index >= 15 is 0 Å². The molecule has 0 aromatic rings. The molecule has 16 heavy (non-hydrogen) atoms. The standard InChI is InChI=1S/C14H28N2/c1-5-16(10-14(2,3)4)13-8-11-6-7-12(9-13)15-11/h11-13,15H,5-10H2,1-4H3. The van der Waals surface area contributed by atoms with Crippen molar-refractivity contribution in [3.8, 4) is 0 Å². The molecule has 0 spiro atoms. The maximum absolute atomic E-state index is 3.74. The molecule has 94 valence electrons. The second kappa shape index (κ2) is 4.66. The van der Waals surface area contributed by atoms with E-state index in [4.69, 9.17) is 0 Å². The van der Waals surface area contributed by atoms with Crippen LogP contribution in [0.3, 0.4) is 0 Å². The average Bonchev–Trinajstić information content (AvgIpc) is 2.53. The van der Waals surface area contributed by atoms with Crippen molar-refractivity contribution in [2.45, 2.75) is 71.5 Å². The fourth-order valence-electron chi connectivity index (χ4n) is 3.43. The Hall–Kier alpha value is -0.0800. The van der Waals surface area contributed by atoms with E-state index in [1.807, 2.05) is 0 Å². The minimum atomic E-state index is 0.430. The van der Waals surface area contributed by atoms with Gasteiger partial charge in [-0.15, -0.1) is 0 Å². The molecule has 2 atom stereocenters. The lowest BCUT2D eigenvalue weighted by molar-refractivity contribution is 0.107. The summed E-state index contributed by atoms with van der Waals surface area (Å²) in [6, 6.07) is 2.47. The third-order valence-electron chi connectivity index (χ3n) is 4.05. The van der Waals surface area contributed by atoms with Crippen molar-refractivity contribution < 1.29 is 0 Å². The van der Waals surface area contributed by atoms with Gasteiger partial charge in [-0.05, 0) is 37.6 Å². The maximum atomic E-state index is 3.74. The molecule has 2 heterocycles. The van der Waals surface area contributed by atoms with Crippen molar-refractivity contribution in [2.75, 3.05) is 13.1 Å². The van der Waals surface area contributed by atoms with Crippen molar-refractivity contribution in [1.29, 1.82) is 0 Å². The molecule has 2 saturated heterocycles. The van der Waals surface area contributed by atoms with Gasteiger partial charge in [0.25, 0.3) is 0 Å². The normalized spacial score (nSPS) is 34.7. The fraction of sp³-hybridized carbons (Fsp3) is 1.00. The van der Waals surface area contributed by atoms with Crippen LogP contribution in [0.4, 0.5) is 0 Å². The first-order chi connectivity index (χ1) is 7.48. The first-order valence-corrected chi connectivity index (χ1v) is 6.98. The van der Waals surface area contributed by atoms with Gasteiger partial charge in [-0.25, -0.2) is 0 Å². The number of hydrogen-bond donors (Lipinski definition) is 1. The van der Waals surface area contributed by atoms with Crippen LogP contribution in [0.5, 0.6) is 0 Å². The first kappa shape index (κ1) is 12.4. The highest BCUT2D eigenvalue weighted by molar-refractivity contribution is 4.95. The Bertz CT molecular complexity index is 219. The molecule has 0 aromatic carbocycles. The van der Waals surface area contributed by atoms with Crippen LogP contribution in [0.25, 0.3) is 0 Å². The van der Waals surface area contributed by atoms with Gasteiger partial charge in [-0.1, -0.05) is 27.7 Å². The Labute approximate surface area is 101 Å². The molecule has 2 aliphatic heterocycles. The highest BCUT2D eigenvalue weighted by atomic mass is 15.2. The molecular weight excluding hydrogens is 196 g/mol. The third kappa shape index (κ3) is 2.98. The summed E-state index contributed by atoms with van der Waals surface area (Å²) in [5.74, 6) is 0. The van der Waals surface area contributed by atoms with Crippen LogP contribution in [0.15, 0.2) is 0 Å². The topological polar surface area (TPSA) is 15.3 Å². The van der Waals surface area contributed by atoms with Crippen molar-refractivity contribution in [3.05, 3.63) is 0 Å². The average molecular weight is 224 g/mol. The summed E-state index contributed by atoms with van der Waals surface area (Å²) in [6.45, 7) is 11.8. The van der Waals surface area contributed by atoms with Crippen molar-refractivity contribution in [1.82, 2.24) is 10.2 Å². The number of hydrogen-bond acceptors (Lipinski definition) is 2. The van der Waals surface area contributed by atoms with Crippen LogP contribution in [0.2, 0.25) is 0 Å². The van der Waals surface area contributed by atoms with Gasteiger partial charge in [0.05, 0.1) is 0 Å². The van der Waals surface area contributed by atoms with Crippen LogP contribution in [-0.4, -0.2) is 36.1 Å². The molecule has 2 bridgehead atoms. The molecule has 2 nitrogen and oxygen atoms in total. The lowest BCUT2D eigenvalue weighted by atomic mass is 9.92. The number of nitrogens with one attached hydrogen (secondary N) is 1. The largest absolute Gasteiger partial charge is 0.311 e. The second-order valence-electron chi connectivity index (χ2n) is 6.89. The van der Waals surface area contributed by atoms with Crippen molar-refractivity contribution >= 4 is 0 Å². The van der Waals surface area contributed by atoms with Gasteiger partial charge in [0, 0.05) is 24.7 Å². The van der Waals surface area contributed by atoms with Crippen LogP contribution in [-0.2, 0) is 0 Å². The van der Waals surface area contributed by atoms with E-state index in [0.717, 1.165) is 18.1 Å². The van der Waals surface area contributed by atoms with E-state index in [0.29, 0.717) is 5.41 Å². The monoisotopic (exact) mass is 224 g/mol. The van der Waals surface area contributed by atoms with Gasteiger partial charge in [0.15, 0.2) is 0 Å². The third-order valence-corrected chi connectivity index (χ3v) is 4.05. The Morgan fingerprint density at radius 1 is 1.12 bits per heavy atom. The van der Waals surface area contributed by atoms with Gasteiger partial charge in [0.2, 0.25) is 0 Å². The molecule has 2 rings (SSSR count). The lowest BCUT2D eigenvalue weighted by Gasteiger charge is -2.40. The van der Waals surface area contributed by atoms with E-state index in [1.165, 1.54) is 38.8 Å². The predicted molar refractivity (Wildman–Crippen MR) is 69.7 cm³/mol. The minimum absolute atomic E-state index is 0.430. The SMILES string of the molecule is CCN(CC(C)(C)C)C1CC2CCC(C1)N2. The summed E-state index contributed by atoms with van der Waals surface area (Å²) in [5.41, 5.74) is 0.430. The van der Waals surface area contributed by atoms with Crippen molar-refractivity contribution in [2.24, 2.45) is 5.41 Å². The molecule has 2 fully saturated rings. The van der Waals surface area contributed by atoms with Crippen LogP contribution in [0, 0.1) is 5.41 Å². The van der Waals surface area contributed by atoms with Gasteiger partial charge in [0.1, 0.15) is 0 Å². The Balaban J connectivity index is 1.94. The molecule has 0 amide bonds. The van der Waals surface area contributed by atoms with Crippen LogP contribution in [0.1, 0.15) is 53.4 Å². The van der Waals surface area contributed by atoms with Crippen molar-refractivity contribution in [3.63, 3.8) is 0 Å². The van der Waals surface area contributed by atoms with E-state index in [1.54, 1.807) is 0 Å². The summed E-state index contributed by atoms with van der Waals surface area (Å²) in [4.78, 5) is 2.71. The zero-order valence-corrected chi connectivity index (χ0v) is 11.4. The van der Waals surface area contributed by atoms with E-state index in [-0.39, 0.29) is 0 Å². The molecule has 0 aliphatic carbocycles. The van der Waals surface area contributed by atoms with E-state index in [9.17, 15) is 0 Å². The molecular formula is C14H28N2. The highest BCUT2D eigenvalue weighted by Crippen LogP contribution is 2.31. The first-order valence-electron chi connectivity index (χ1n) is 6.98. The zero-order valence-electron chi connectivity index (χ0n) is 11.4. The van der Waals surface area contributed by atoms with E-state index < -0.39 is 0 Å². The number of rotatable bonds is 3. The van der Waals surface area contributed by atoms with Gasteiger partial charge in [-0.3, -0.25) is 0 Å². The summed E-state index contributed by atoms with van der Waals surface area (Å²) < 4.78 is 0. The fourth-order valence-corrected chi connectivity index (χ4v) is 3.43. The summed E-state index contributed by atoms with van der Waals surface area (Å²) in [5, 5.41) is 3.74. The molecule has 2 heteroatoms. The van der Waals surface area contributed by atoms with Gasteiger partial charge in [-0.2, -0.15) is 0 Å². The zero-order chi connectivity index (χ0) is 11.8. The highest BCUT2D eigenvalue weighted by Gasteiger charge is 2.36. The summed E-state index contributed by atoms with van der Waals surface area (Å²) >= 11 is 0. The Morgan fingerprint density at radius 3 is 2.12 bits per heavy atom. The Kier molecular flexibility index (Phi) is 3.60. The lowest BCUT2D eigenvalue weighted by Crippen LogP contribution is -2.50. The Morgan fingerprint density at radius 2 is 1.69 bits per heavy atom. The van der Waals surface area contributed by atoms with Gasteiger partial charge >= 0.3 is 0 Å². The molecule has 0 aromatic heterocycles. The minimum Gasteiger partial charge on any atom is -0.311 e. The predicted octanol–water partition coefficient (Wildman–Crippen LogP) is 2.64. The van der Waals surface area contributed by atoms with Gasteiger partial charge < -0.3 is 10.2 Å². The van der Waals surface area contributed by atoms with Crippen LogP contribution < -0.4 is 5.32 Å².